The highest BCUT2D eigenvalue weighted by atomic mass is 15.3. The molecule has 0 amide bonds. The van der Waals surface area contributed by atoms with Crippen LogP contribution < -0.4 is 10.2 Å². The van der Waals surface area contributed by atoms with Crippen LogP contribution in [0.4, 0.5) is 5.95 Å². The zero-order valence-electron chi connectivity index (χ0n) is 11.1. The molecule has 1 unspecified atom stereocenters. The molecule has 1 aromatic heterocycles. The van der Waals surface area contributed by atoms with E-state index in [1.54, 1.807) is 0 Å². The van der Waals surface area contributed by atoms with E-state index in [0.29, 0.717) is 0 Å². The second kappa shape index (κ2) is 5.22. The molecule has 2 aliphatic rings. The summed E-state index contributed by atoms with van der Waals surface area (Å²) < 4.78 is 0. The van der Waals surface area contributed by atoms with Gasteiger partial charge < -0.3 is 10.2 Å². The van der Waals surface area contributed by atoms with E-state index < -0.39 is 0 Å². The van der Waals surface area contributed by atoms with E-state index in [2.05, 4.69) is 20.2 Å². The first-order valence-corrected chi connectivity index (χ1v) is 7.08. The predicted octanol–water partition coefficient (Wildman–Crippen LogP) is 1.75. The van der Waals surface area contributed by atoms with Gasteiger partial charge in [-0.15, -0.1) is 0 Å². The second-order valence-corrected chi connectivity index (χ2v) is 5.70. The lowest BCUT2D eigenvalue weighted by atomic mass is 9.98. The Bertz CT molecular complexity index is 385. The number of hydrogen-bond acceptors (Lipinski definition) is 4. The van der Waals surface area contributed by atoms with Gasteiger partial charge in [-0.25, -0.2) is 9.97 Å². The van der Waals surface area contributed by atoms with Crippen LogP contribution in [0.1, 0.15) is 31.2 Å². The van der Waals surface area contributed by atoms with Crippen molar-refractivity contribution in [1.29, 1.82) is 0 Å². The Labute approximate surface area is 109 Å². The number of aryl methyl sites for hydroxylation is 1. The third-order valence-corrected chi connectivity index (χ3v) is 3.84. The van der Waals surface area contributed by atoms with E-state index >= 15 is 0 Å². The van der Waals surface area contributed by atoms with Gasteiger partial charge in [-0.2, -0.15) is 0 Å². The van der Waals surface area contributed by atoms with Gasteiger partial charge in [0.1, 0.15) is 0 Å². The first kappa shape index (κ1) is 11.9. The van der Waals surface area contributed by atoms with Crippen molar-refractivity contribution in [2.75, 3.05) is 24.5 Å². The van der Waals surface area contributed by atoms with E-state index in [-0.39, 0.29) is 0 Å². The van der Waals surface area contributed by atoms with E-state index in [4.69, 9.17) is 0 Å². The zero-order chi connectivity index (χ0) is 12.4. The molecule has 1 aliphatic carbocycles. The molecule has 1 saturated heterocycles. The number of hydrogen-bond donors (Lipinski definition) is 1. The summed E-state index contributed by atoms with van der Waals surface area (Å²) in [5.74, 6) is 1.65. The predicted molar refractivity (Wildman–Crippen MR) is 72.7 cm³/mol. The third-order valence-electron chi connectivity index (χ3n) is 3.84. The molecule has 18 heavy (non-hydrogen) atoms. The van der Waals surface area contributed by atoms with Crippen molar-refractivity contribution in [3.8, 4) is 0 Å². The molecule has 2 fully saturated rings. The molecule has 0 bridgehead atoms. The van der Waals surface area contributed by atoms with Crippen molar-refractivity contribution in [1.82, 2.24) is 15.3 Å². The van der Waals surface area contributed by atoms with Crippen molar-refractivity contribution >= 4 is 5.95 Å². The minimum Gasteiger partial charge on any atom is -0.341 e. The van der Waals surface area contributed by atoms with Crippen LogP contribution in [-0.2, 0) is 0 Å². The molecule has 1 atom stereocenters. The van der Waals surface area contributed by atoms with Gasteiger partial charge in [0.2, 0.25) is 5.95 Å². The molecule has 1 N–H and O–H groups in total. The van der Waals surface area contributed by atoms with Crippen LogP contribution in [0.3, 0.4) is 0 Å². The molecular formula is C14H22N4. The Kier molecular flexibility index (Phi) is 3.46. The maximum absolute atomic E-state index is 4.44. The average Bonchev–Trinajstić information content (AvgIpc) is 3.22. The third kappa shape index (κ3) is 2.99. The Morgan fingerprint density at radius 3 is 2.78 bits per heavy atom. The number of aromatic nitrogens is 2. The van der Waals surface area contributed by atoms with E-state index in [1.807, 2.05) is 19.3 Å². The number of anilines is 1. The summed E-state index contributed by atoms with van der Waals surface area (Å²) in [7, 11) is 0. The molecule has 98 valence electrons. The van der Waals surface area contributed by atoms with Gasteiger partial charge in [-0.3, -0.25) is 0 Å². The van der Waals surface area contributed by atoms with Crippen molar-refractivity contribution in [3.63, 3.8) is 0 Å². The summed E-state index contributed by atoms with van der Waals surface area (Å²) in [6.07, 6.45) is 9.16. The van der Waals surface area contributed by atoms with Crippen LogP contribution in [0, 0.1) is 12.8 Å². The fourth-order valence-electron chi connectivity index (χ4n) is 2.58. The largest absolute Gasteiger partial charge is 0.341 e. The summed E-state index contributed by atoms with van der Waals surface area (Å²) in [5, 5.41) is 3.64. The molecule has 1 aliphatic heterocycles. The van der Waals surface area contributed by atoms with Crippen molar-refractivity contribution in [2.45, 2.75) is 38.6 Å². The topological polar surface area (TPSA) is 41.1 Å². The molecular weight excluding hydrogens is 224 g/mol. The Hall–Kier alpha value is -1.16. The Morgan fingerprint density at radius 2 is 2.06 bits per heavy atom. The molecule has 4 heteroatoms. The smallest absolute Gasteiger partial charge is 0.225 e. The highest BCUT2D eigenvalue weighted by Gasteiger charge is 2.25. The lowest BCUT2D eigenvalue weighted by molar-refractivity contribution is 0.388. The molecule has 0 aromatic carbocycles. The summed E-state index contributed by atoms with van der Waals surface area (Å²) in [5.41, 5.74) is 1.13. The minimum absolute atomic E-state index is 0.754. The molecule has 3 rings (SSSR count). The highest BCUT2D eigenvalue weighted by molar-refractivity contribution is 5.30. The molecule has 0 radical (unpaired) electrons. The monoisotopic (exact) mass is 246 g/mol. The summed E-state index contributed by atoms with van der Waals surface area (Å²) >= 11 is 0. The summed E-state index contributed by atoms with van der Waals surface area (Å²) in [4.78, 5) is 11.2. The van der Waals surface area contributed by atoms with Gasteiger partial charge in [0.15, 0.2) is 0 Å². The normalized spacial score (nSPS) is 24.3. The number of nitrogens with one attached hydrogen (secondary N) is 1. The second-order valence-electron chi connectivity index (χ2n) is 5.70. The van der Waals surface area contributed by atoms with Crippen LogP contribution in [0.5, 0.6) is 0 Å². The number of nitrogens with zero attached hydrogens (tertiary/aromatic N) is 3. The lowest BCUT2D eigenvalue weighted by Gasteiger charge is -2.32. The maximum Gasteiger partial charge on any atom is 0.225 e. The minimum atomic E-state index is 0.754. The lowest BCUT2D eigenvalue weighted by Crippen LogP contribution is -2.40. The zero-order valence-corrected chi connectivity index (χ0v) is 11.1. The average molecular weight is 246 g/mol. The molecule has 2 heterocycles. The van der Waals surface area contributed by atoms with Gasteiger partial charge in [0.25, 0.3) is 0 Å². The van der Waals surface area contributed by atoms with Gasteiger partial charge in [0, 0.05) is 31.5 Å². The Morgan fingerprint density at radius 1 is 1.28 bits per heavy atom. The van der Waals surface area contributed by atoms with Gasteiger partial charge in [-0.05, 0) is 50.6 Å². The van der Waals surface area contributed by atoms with E-state index in [1.165, 1.54) is 25.7 Å². The van der Waals surface area contributed by atoms with E-state index in [9.17, 15) is 0 Å². The van der Waals surface area contributed by atoms with Crippen LogP contribution in [-0.4, -0.2) is 35.6 Å². The van der Waals surface area contributed by atoms with Crippen LogP contribution in [0.2, 0.25) is 0 Å². The standard InChI is InChI=1S/C14H22N4/c1-11-7-16-14(17-8-11)18-6-2-3-12(10-18)9-15-13-4-5-13/h7-8,12-13,15H,2-6,9-10H2,1H3. The Balaban J connectivity index is 1.56. The van der Waals surface area contributed by atoms with Crippen molar-refractivity contribution in [2.24, 2.45) is 5.92 Å². The molecule has 1 saturated carbocycles. The summed E-state index contributed by atoms with van der Waals surface area (Å²) in [6.45, 7) is 5.39. The first-order chi connectivity index (χ1) is 8.81. The number of piperidine rings is 1. The van der Waals surface area contributed by atoms with Crippen LogP contribution in [0.25, 0.3) is 0 Å². The highest BCUT2D eigenvalue weighted by Crippen LogP contribution is 2.22. The fraction of sp³-hybridized carbons (Fsp3) is 0.714. The first-order valence-electron chi connectivity index (χ1n) is 7.08. The van der Waals surface area contributed by atoms with E-state index in [0.717, 1.165) is 43.1 Å². The summed E-state index contributed by atoms with van der Waals surface area (Å²) in [6, 6.07) is 0.816. The maximum atomic E-state index is 4.44. The van der Waals surface area contributed by atoms with Crippen molar-refractivity contribution in [3.05, 3.63) is 18.0 Å². The molecule has 1 aromatic rings. The van der Waals surface area contributed by atoms with Crippen LogP contribution in [0.15, 0.2) is 12.4 Å². The van der Waals surface area contributed by atoms with Crippen molar-refractivity contribution < 1.29 is 0 Å². The molecule has 4 nitrogen and oxygen atoms in total. The number of rotatable bonds is 4. The fourth-order valence-corrected chi connectivity index (χ4v) is 2.58. The van der Waals surface area contributed by atoms with Crippen LogP contribution >= 0.6 is 0 Å². The quantitative estimate of drug-likeness (QED) is 0.879. The van der Waals surface area contributed by atoms with Gasteiger partial charge >= 0.3 is 0 Å². The van der Waals surface area contributed by atoms with Gasteiger partial charge in [0.05, 0.1) is 0 Å². The SMILES string of the molecule is Cc1cnc(N2CCCC(CNC3CC3)C2)nc1. The van der Waals surface area contributed by atoms with Gasteiger partial charge in [-0.1, -0.05) is 0 Å². The molecule has 0 spiro atoms.